The SMILES string of the molecule is N#C[B]O. The molecule has 0 amide bonds. The number of nitriles is 1. The first-order valence-corrected chi connectivity index (χ1v) is 0.770. The Hall–Kier alpha value is -0.485. The lowest BCUT2D eigenvalue weighted by molar-refractivity contribution is 0.616. The van der Waals surface area contributed by atoms with Crippen molar-refractivity contribution in [2.75, 3.05) is 0 Å². The monoisotopic (exact) mass is 54.0 g/mol. The second-order valence-corrected chi connectivity index (χ2v) is 0.258. The van der Waals surface area contributed by atoms with Crippen LogP contribution in [-0.4, -0.2) is 12.5 Å². The maximum atomic E-state index is 7.39. The minimum atomic E-state index is 0.431. The highest BCUT2D eigenvalue weighted by molar-refractivity contribution is 6.35. The van der Waals surface area contributed by atoms with Gasteiger partial charge in [-0.05, 0) is 0 Å². The second-order valence-electron chi connectivity index (χ2n) is 0.258. The molecular formula is CHBNO. The van der Waals surface area contributed by atoms with E-state index in [1.807, 2.05) is 0 Å². The van der Waals surface area contributed by atoms with Gasteiger partial charge in [-0.15, -0.1) is 0 Å². The van der Waals surface area contributed by atoms with Crippen LogP contribution in [0.5, 0.6) is 0 Å². The van der Waals surface area contributed by atoms with E-state index in [0.29, 0.717) is 7.48 Å². The summed E-state index contributed by atoms with van der Waals surface area (Å²) in [5, 5.41) is 14.7. The van der Waals surface area contributed by atoms with Crippen LogP contribution in [0.1, 0.15) is 0 Å². The fourth-order valence-corrected chi connectivity index (χ4v) is 0. The van der Waals surface area contributed by atoms with Gasteiger partial charge in [-0.25, -0.2) is 5.26 Å². The molecule has 19 valence electrons. The standard InChI is InChI=1S/CHBNO/c3-1-2-4/h4H. The lowest BCUT2D eigenvalue weighted by atomic mass is 10.1. The fraction of sp³-hybridized carbons (Fsp3) is 0. The third-order valence-corrected chi connectivity index (χ3v) is 0.0577. The van der Waals surface area contributed by atoms with Crippen LogP contribution in [0.15, 0.2) is 0 Å². The average Bonchev–Trinajstić information content (AvgIpc) is 1.37. The number of nitrogens with zero attached hydrogens (tertiary/aromatic N) is 1. The normalized spacial score (nSPS) is 4.00. The molecule has 0 spiro atoms. The first-order valence-electron chi connectivity index (χ1n) is 0.770. The summed E-state index contributed by atoms with van der Waals surface area (Å²) in [4.78, 5) is 0. The Morgan fingerprint density at radius 2 is 2.25 bits per heavy atom. The summed E-state index contributed by atoms with van der Waals surface area (Å²) in [6.45, 7) is 0. The van der Waals surface area contributed by atoms with Gasteiger partial charge in [-0.2, -0.15) is 0 Å². The summed E-state index contributed by atoms with van der Waals surface area (Å²) >= 11 is 0. The fourth-order valence-electron chi connectivity index (χ4n) is 0. The Morgan fingerprint density at radius 1 is 2.00 bits per heavy atom. The molecule has 0 saturated carbocycles. The van der Waals surface area contributed by atoms with Crippen LogP contribution in [0.3, 0.4) is 0 Å². The van der Waals surface area contributed by atoms with E-state index in [9.17, 15) is 0 Å². The number of hydrogen-bond acceptors (Lipinski definition) is 2. The Bertz CT molecular complexity index is 37.8. The highest BCUT2D eigenvalue weighted by Crippen LogP contribution is 1.27. The molecule has 4 heavy (non-hydrogen) atoms. The lowest BCUT2D eigenvalue weighted by Gasteiger charge is -1.43. The zero-order chi connectivity index (χ0) is 3.41. The zero-order valence-corrected chi connectivity index (χ0v) is 1.97. The molecule has 0 aliphatic carbocycles. The van der Waals surface area contributed by atoms with Crippen molar-refractivity contribution in [3.8, 4) is 5.97 Å². The van der Waals surface area contributed by atoms with Crippen LogP contribution in [0.2, 0.25) is 0 Å². The van der Waals surface area contributed by atoms with Crippen molar-refractivity contribution in [3.63, 3.8) is 0 Å². The van der Waals surface area contributed by atoms with Crippen LogP contribution < -0.4 is 0 Å². The van der Waals surface area contributed by atoms with Crippen molar-refractivity contribution in [2.24, 2.45) is 0 Å². The van der Waals surface area contributed by atoms with E-state index in [4.69, 9.17) is 10.3 Å². The van der Waals surface area contributed by atoms with Crippen molar-refractivity contribution in [1.29, 1.82) is 5.26 Å². The summed E-state index contributed by atoms with van der Waals surface area (Å²) in [6.07, 6.45) is 0. The largest absolute Gasteiger partial charge is 0.441 e. The van der Waals surface area contributed by atoms with Crippen LogP contribution in [0, 0.1) is 11.2 Å². The average molecular weight is 53.8 g/mol. The maximum Gasteiger partial charge on any atom is 0.427 e. The van der Waals surface area contributed by atoms with Crippen molar-refractivity contribution in [1.82, 2.24) is 0 Å². The van der Waals surface area contributed by atoms with E-state index in [-0.39, 0.29) is 0 Å². The van der Waals surface area contributed by atoms with Gasteiger partial charge in [0.15, 0.2) is 0 Å². The molecule has 0 atom stereocenters. The van der Waals surface area contributed by atoms with E-state index in [1.165, 1.54) is 5.97 Å². The highest BCUT2D eigenvalue weighted by Gasteiger charge is 1.62. The lowest BCUT2D eigenvalue weighted by Crippen LogP contribution is -1.73. The first kappa shape index (κ1) is 3.51. The highest BCUT2D eigenvalue weighted by atomic mass is 16.2. The molecule has 0 fully saturated rings. The Labute approximate surface area is 24.9 Å². The van der Waals surface area contributed by atoms with E-state index in [1.54, 1.807) is 0 Å². The quantitative estimate of drug-likeness (QED) is 0.363. The summed E-state index contributed by atoms with van der Waals surface area (Å²) in [5.74, 6) is 1.36. The van der Waals surface area contributed by atoms with Crippen LogP contribution in [0.25, 0.3) is 0 Å². The second kappa shape index (κ2) is 2.51. The summed E-state index contributed by atoms with van der Waals surface area (Å²) < 4.78 is 0. The van der Waals surface area contributed by atoms with Crippen molar-refractivity contribution >= 4 is 7.48 Å². The van der Waals surface area contributed by atoms with Gasteiger partial charge in [0.05, 0.1) is 0 Å². The molecule has 0 heterocycles. The Kier molecular flexibility index (Phi) is 2.21. The molecule has 0 bridgehead atoms. The van der Waals surface area contributed by atoms with Crippen LogP contribution in [0.4, 0.5) is 0 Å². The number of rotatable bonds is 0. The van der Waals surface area contributed by atoms with Gasteiger partial charge in [0.1, 0.15) is 0 Å². The molecule has 0 aliphatic heterocycles. The molecule has 0 saturated heterocycles. The van der Waals surface area contributed by atoms with Gasteiger partial charge < -0.3 is 5.02 Å². The van der Waals surface area contributed by atoms with E-state index < -0.39 is 0 Å². The maximum absolute atomic E-state index is 7.39. The molecule has 1 radical (unpaired) electrons. The van der Waals surface area contributed by atoms with Crippen LogP contribution in [-0.2, 0) is 0 Å². The van der Waals surface area contributed by atoms with Crippen molar-refractivity contribution in [2.45, 2.75) is 0 Å². The predicted octanol–water partition coefficient (Wildman–Crippen LogP) is -0.921. The van der Waals surface area contributed by atoms with Gasteiger partial charge in [0.25, 0.3) is 0 Å². The molecule has 0 aliphatic rings. The minimum Gasteiger partial charge on any atom is -0.441 e. The van der Waals surface area contributed by atoms with Crippen LogP contribution >= 0.6 is 0 Å². The molecule has 3 heteroatoms. The molecule has 0 unspecified atom stereocenters. The van der Waals surface area contributed by atoms with Gasteiger partial charge in [-0.3, -0.25) is 0 Å². The van der Waals surface area contributed by atoms with E-state index >= 15 is 0 Å². The topological polar surface area (TPSA) is 44.0 Å². The zero-order valence-electron chi connectivity index (χ0n) is 1.97. The summed E-state index contributed by atoms with van der Waals surface area (Å²) in [5.41, 5.74) is 0. The third-order valence-electron chi connectivity index (χ3n) is 0.0577. The predicted molar refractivity (Wildman–Crippen MR) is 13.6 cm³/mol. The van der Waals surface area contributed by atoms with Crippen molar-refractivity contribution < 1.29 is 5.02 Å². The Morgan fingerprint density at radius 3 is 2.25 bits per heavy atom. The molecule has 0 aromatic carbocycles. The van der Waals surface area contributed by atoms with Gasteiger partial charge in [-0.1, -0.05) is 0 Å². The van der Waals surface area contributed by atoms with Gasteiger partial charge >= 0.3 is 7.48 Å². The molecule has 1 N–H and O–H groups in total. The smallest absolute Gasteiger partial charge is 0.427 e. The third kappa shape index (κ3) is 1.51. The molecule has 0 rings (SSSR count). The summed E-state index contributed by atoms with van der Waals surface area (Å²) in [6, 6.07) is 0. The van der Waals surface area contributed by atoms with E-state index in [2.05, 4.69) is 0 Å². The van der Waals surface area contributed by atoms with Crippen molar-refractivity contribution in [3.05, 3.63) is 0 Å². The van der Waals surface area contributed by atoms with Gasteiger partial charge in [0.2, 0.25) is 0 Å². The first-order chi connectivity index (χ1) is 1.91. The minimum absolute atomic E-state index is 0.431. The Balaban J connectivity index is 2.43. The molecule has 0 aromatic rings. The molecular weight excluding hydrogens is 52.8 g/mol. The van der Waals surface area contributed by atoms with E-state index in [0.717, 1.165) is 0 Å². The molecule has 2 nitrogen and oxygen atoms in total. The van der Waals surface area contributed by atoms with Gasteiger partial charge in [0, 0.05) is 5.97 Å². The summed E-state index contributed by atoms with van der Waals surface area (Å²) in [7, 11) is 0.431. The molecule has 0 aromatic heterocycles. The number of hydrogen-bond donors (Lipinski definition) is 1.